The van der Waals surface area contributed by atoms with E-state index >= 15 is 0 Å². The molecule has 0 saturated heterocycles. The second-order valence-electron chi connectivity index (χ2n) is 5.90. The molecule has 2 heteroatoms. The summed E-state index contributed by atoms with van der Waals surface area (Å²) in [6, 6.07) is 0. The van der Waals surface area contributed by atoms with Gasteiger partial charge < -0.3 is 10.6 Å². The SMILES string of the molecule is CCNCCNC(C)(C)CC(C)(C)C. The summed E-state index contributed by atoms with van der Waals surface area (Å²) in [7, 11) is 0. The van der Waals surface area contributed by atoms with E-state index in [2.05, 4.69) is 52.2 Å². The van der Waals surface area contributed by atoms with E-state index in [-0.39, 0.29) is 5.54 Å². The Hall–Kier alpha value is -0.0800. The minimum absolute atomic E-state index is 0.244. The van der Waals surface area contributed by atoms with Crippen LogP contribution in [-0.2, 0) is 0 Å². The molecule has 0 aromatic heterocycles. The molecule has 0 rings (SSSR count). The largest absolute Gasteiger partial charge is 0.316 e. The normalized spacial score (nSPS) is 13.3. The highest BCUT2D eigenvalue weighted by Gasteiger charge is 2.24. The lowest BCUT2D eigenvalue weighted by Crippen LogP contribution is -2.45. The maximum Gasteiger partial charge on any atom is 0.0130 e. The van der Waals surface area contributed by atoms with Crippen LogP contribution < -0.4 is 10.6 Å². The van der Waals surface area contributed by atoms with Gasteiger partial charge >= 0.3 is 0 Å². The topological polar surface area (TPSA) is 24.1 Å². The third-order valence-electron chi connectivity index (χ3n) is 2.13. The van der Waals surface area contributed by atoms with E-state index in [1.54, 1.807) is 0 Å². The molecule has 0 aromatic carbocycles. The standard InChI is InChI=1S/C12H28N2/c1-7-13-8-9-14-12(5,6)10-11(2,3)4/h13-14H,7-10H2,1-6H3. The fourth-order valence-electron chi connectivity index (χ4n) is 2.05. The van der Waals surface area contributed by atoms with Crippen molar-refractivity contribution in [1.82, 2.24) is 10.6 Å². The van der Waals surface area contributed by atoms with E-state index in [4.69, 9.17) is 0 Å². The van der Waals surface area contributed by atoms with E-state index in [9.17, 15) is 0 Å². The quantitative estimate of drug-likeness (QED) is 0.643. The van der Waals surface area contributed by atoms with Gasteiger partial charge in [-0.15, -0.1) is 0 Å². The number of hydrogen-bond acceptors (Lipinski definition) is 2. The number of nitrogens with one attached hydrogen (secondary N) is 2. The second-order valence-corrected chi connectivity index (χ2v) is 5.90. The first kappa shape index (κ1) is 13.9. The first-order valence-corrected chi connectivity index (χ1v) is 5.72. The highest BCUT2D eigenvalue weighted by Crippen LogP contribution is 2.26. The number of hydrogen-bond donors (Lipinski definition) is 2. The van der Waals surface area contributed by atoms with Crippen LogP contribution in [0.5, 0.6) is 0 Å². The van der Waals surface area contributed by atoms with Crippen molar-refractivity contribution in [3.63, 3.8) is 0 Å². The van der Waals surface area contributed by atoms with E-state index in [1.165, 1.54) is 6.42 Å². The van der Waals surface area contributed by atoms with Crippen LogP contribution >= 0.6 is 0 Å². The van der Waals surface area contributed by atoms with Gasteiger partial charge in [0, 0.05) is 18.6 Å². The monoisotopic (exact) mass is 200 g/mol. The molecule has 2 N–H and O–H groups in total. The highest BCUT2D eigenvalue weighted by atomic mass is 15.0. The van der Waals surface area contributed by atoms with Crippen molar-refractivity contribution in [3.05, 3.63) is 0 Å². The second kappa shape index (κ2) is 5.72. The van der Waals surface area contributed by atoms with Crippen LogP contribution in [0.15, 0.2) is 0 Å². The van der Waals surface area contributed by atoms with Crippen molar-refractivity contribution in [2.45, 2.75) is 53.5 Å². The summed E-state index contributed by atoms with van der Waals surface area (Å²) >= 11 is 0. The molecule has 0 spiro atoms. The van der Waals surface area contributed by atoms with E-state index < -0.39 is 0 Å². The molecule has 0 fully saturated rings. The van der Waals surface area contributed by atoms with Gasteiger partial charge in [-0.1, -0.05) is 27.7 Å². The molecule has 2 nitrogen and oxygen atoms in total. The molecule has 0 atom stereocenters. The van der Waals surface area contributed by atoms with Crippen LogP contribution in [0.2, 0.25) is 0 Å². The van der Waals surface area contributed by atoms with E-state index in [0.29, 0.717) is 5.41 Å². The van der Waals surface area contributed by atoms with Crippen molar-refractivity contribution in [3.8, 4) is 0 Å². The fourth-order valence-corrected chi connectivity index (χ4v) is 2.05. The Labute approximate surface area is 89.9 Å². The van der Waals surface area contributed by atoms with E-state index in [0.717, 1.165) is 19.6 Å². The lowest BCUT2D eigenvalue weighted by Gasteiger charge is -2.33. The van der Waals surface area contributed by atoms with E-state index in [1.807, 2.05) is 0 Å². The average molecular weight is 200 g/mol. The van der Waals surface area contributed by atoms with Crippen molar-refractivity contribution >= 4 is 0 Å². The Kier molecular flexibility index (Phi) is 5.68. The summed E-state index contributed by atoms with van der Waals surface area (Å²) in [5.41, 5.74) is 0.641. The van der Waals surface area contributed by atoms with Gasteiger partial charge in [0.25, 0.3) is 0 Å². The van der Waals surface area contributed by atoms with Gasteiger partial charge in [-0.25, -0.2) is 0 Å². The molecule has 0 aromatic rings. The van der Waals surface area contributed by atoms with Gasteiger partial charge in [0.1, 0.15) is 0 Å². The molecule has 0 aliphatic carbocycles. The number of likely N-dealkylation sites (N-methyl/N-ethyl adjacent to an activating group) is 1. The van der Waals surface area contributed by atoms with Crippen LogP contribution in [0, 0.1) is 5.41 Å². The zero-order valence-electron chi connectivity index (χ0n) is 10.8. The smallest absolute Gasteiger partial charge is 0.0130 e. The molecular weight excluding hydrogens is 172 g/mol. The molecule has 0 amide bonds. The Balaban J connectivity index is 3.72. The summed E-state index contributed by atoms with van der Waals surface area (Å²) in [5, 5.41) is 6.91. The summed E-state index contributed by atoms with van der Waals surface area (Å²) in [6.45, 7) is 16.7. The maximum absolute atomic E-state index is 3.59. The average Bonchev–Trinajstić information content (AvgIpc) is 1.93. The van der Waals surface area contributed by atoms with Gasteiger partial charge in [0.05, 0.1) is 0 Å². The van der Waals surface area contributed by atoms with Crippen molar-refractivity contribution in [1.29, 1.82) is 0 Å². The molecule has 0 bridgehead atoms. The van der Waals surface area contributed by atoms with Crippen LogP contribution in [0.1, 0.15) is 48.0 Å². The molecule has 14 heavy (non-hydrogen) atoms. The Morgan fingerprint density at radius 3 is 1.93 bits per heavy atom. The first-order valence-electron chi connectivity index (χ1n) is 5.72. The Bertz CT molecular complexity index is 145. The molecule has 86 valence electrons. The first-order chi connectivity index (χ1) is 6.27. The molecular formula is C12H28N2. The van der Waals surface area contributed by atoms with Crippen molar-refractivity contribution < 1.29 is 0 Å². The third-order valence-corrected chi connectivity index (χ3v) is 2.13. The molecule has 0 aliphatic heterocycles. The third kappa shape index (κ3) is 8.52. The van der Waals surface area contributed by atoms with Crippen LogP contribution in [0.25, 0.3) is 0 Å². The molecule has 0 heterocycles. The molecule has 0 aliphatic rings. The van der Waals surface area contributed by atoms with Crippen molar-refractivity contribution in [2.75, 3.05) is 19.6 Å². The number of rotatable bonds is 6. The molecule has 0 radical (unpaired) electrons. The predicted molar refractivity (Wildman–Crippen MR) is 64.7 cm³/mol. The van der Waals surface area contributed by atoms with Crippen LogP contribution in [0.3, 0.4) is 0 Å². The minimum Gasteiger partial charge on any atom is -0.316 e. The maximum atomic E-state index is 3.59. The fraction of sp³-hybridized carbons (Fsp3) is 1.00. The lowest BCUT2D eigenvalue weighted by molar-refractivity contribution is 0.243. The summed E-state index contributed by atoms with van der Waals surface area (Å²) in [6.07, 6.45) is 1.20. The zero-order chi connectivity index (χ0) is 11.2. The van der Waals surface area contributed by atoms with Gasteiger partial charge in [0.2, 0.25) is 0 Å². The molecule has 0 unspecified atom stereocenters. The minimum atomic E-state index is 0.244. The predicted octanol–water partition coefficient (Wildman–Crippen LogP) is 2.40. The van der Waals surface area contributed by atoms with Gasteiger partial charge in [-0.3, -0.25) is 0 Å². The lowest BCUT2D eigenvalue weighted by atomic mass is 9.82. The van der Waals surface area contributed by atoms with Gasteiger partial charge in [0.15, 0.2) is 0 Å². The van der Waals surface area contributed by atoms with Crippen LogP contribution in [0.4, 0.5) is 0 Å². The van der Waals surface area contributed by atoms with Crippen LogP contribution in [-0.4, -0.2) is 25.2 Å². The highest BCUT2D eigenvalue weighted by molar-refractivity contribution is 4.83. The Morgan fingerprint density at radius 1 is 0.929 bits per heavy atom. The van der Waals surface area contributed by atoms with Gasteiger partial charge in [-0.05, 0) is 32.2 Å². The molecule has 0 saturated carbocycles. The van der Waals surface area contributed by atoms with Crippen molar-refractivity contribution in [2.24, 2.45) is 5.41 Å². The summed E-state index contributed by atoms with van der Waals surface area (Å²) in [4.78, 5) is 0. The summed E-state index contributed by atoms with van der Waals surface area (Å²) in [5.74, 6) is 0. The van der Waals surface area contributed by atoms with Gasteiger partial charge in [-0.2, -0.15) is 0 Å². The zero-order valence-corrected chi connectivity index (χ0v) is 10.8. The Morgan fingerprint density at radius 2 is 1.50 bits per heavy atom. The summed E-state index contributed by atoms with van der Waals surface area (Å²) < 4.78 is 0.